The highest BCUT2D eigenvalue weighted by Gasteiger charge is 2.14. The molecule has 3 heteroatoms. The first-order valence-electron chi connectivity index (χ1n) is 4.86. The summed E-state index contributed by atoms with van der Waals surface area (Å²) >= 11 is 0. The summed E-state index contributed by atoms with van der Waals surface area (Å²) in [7, 11) is 2.74. The van der Waals surface area contributed by atoms with Gasteiger partial charge < -0.3 is 9.47 Å². The van der Waals surface area contributed by atoms with Gasteiger partial charge in [-0.2, -0.15) is 0 Å². The lowest BCUT2D eigenvalue weighted by Gasteiger charge is -2.13. The molecule has 0 saturated heterocycles. The van der Waals surface area contributed by atoms with Crippen LogP contribution in [-0.4, -0.2) is 20.2 Å². The largest absolute Gasteiger partial charge is 0.469 e. The Balaban J connectivity index is 2.85. The summed E-state index contributed by atoms with van der Waals surface area (Å²) in [6.07, 6.45) is -1.64. The van der Waals surface area contributed by atoms with E-state index < -0.39 is 18.5 Å². The fraction of sp³-hybridized carbons (Fsp3) is 0.364. The Morgan fingerprint density at radius 2 is 2.07 bits per heavy atom. The molecule has 1 aromatic carbocycles. The van der Waals surface area contributed by atoms with Crippen LogP contribution in [0.2, 0.25) is 0 Å². The number of carbonyl (C=O) groups excluding carboxylic acids is 1. The van der Waals surface area contributed by atoms with Crippen molar-refractivity contribution in [3.8, 4) is 0 Å². The lowest BCUT2D eigenvalue weighted by Crippen LogP contribution is -2.10. The molecular weight excluding hydrogens is 180 g/mol. The summed E-state index contributed by atoms with van der Waals surface area (Å²) in [6, 6.07) is 9.18. The molecule has 0 aliphatic carbocycles. The first-order chi connectivity index (χ1) is 7.20. The van der Waals surface area contributed by atoms with Gasteiger partial charge in [0.2, 0.25) is 0 Å². The topological polar surface area (TPSA) is 35.5 Å². The first-order valence-corrected chi connectivity index (χ1v) is 4.28. The minimum Gasteiger partial charge on any atom is -0.469 e. The van der Waals surface area contributed by atoms with Gasteiger partial charge in [-0.05, 0) is 5.56 Å². The zero-order chi connectivity index (χ0) is 11.3. The molecule has 0 N–H and O–H groups in total. The van der Waals surface area contributed by atoms with E-state index in [2.05, 4.69) is 4.74 Å². The van der Waals surface area contributed by atoms with Gasteiger partial charge in [-0.1, -0.05) is 30.3 Å². The maximum Gasteiger partial charge on any atom is 0.308 e. The SMILES string of the molecule is [2H][C@@H](C(=O)OC)[C@H](OC)c1ccccc1. The van der Waals surface area contributed by atoms with Gasteiger partial charge in [0.25, 0.3) is 0 Å². The monoisotopic (exact) mass is 195 g/mol. The summed E-state index contributed by atoms with van der Waals surface area (Å²) < 4.78 is 17.3. The number of methoxy groups -OCH3 is 2. The fourth-order valence-corrected chi connectivity index (χ4v) is 1.13. The molecule has 2 atom stereocenters. The number of esters is 1. The molecule has 0 spiro atoms. The van der Waals surface area contributed by atoms with Gasteiger partial charge in [0, 0.05) is 8.48 Å². The highest BCUT2D eigenvalue weighted by atomic mass is 16.5. The summed E-state index contributed by atoms with van der Waals surface area (Å²) in [6.45, 7) is 0. The van der Waals surface area contributed by atoms with Gasteiger partial charge in [-0.15, -0.1) is 0 Å². The van der Waals surface area contributed by atoms with E-state index in [1.165, 1.54) is 14.2 Å². The van der Waals surface area contributed by atoms with Gasteiger partial charge in [-0.25, -0.2) is 0 Å². The third-order valence-electron chi connectivity index (χ3n) is 1.87. The van der Waals surface area contributed by atoms with E-state index >= 15 is 0 Å². The van der Waals surface area contributed by atoms with Crippen LogP contribution in [0.15, 0.2) is 30.3 Å². The van der Waals surface area contributed by atoms with Crippen molar-refractivity contribution in [3.63, 3.8) is 0 Å². The van der Waals surface area contributed by atoms with Crippen molar-refractivity contribution in [2.24, 2.45) is 0 Å². The van der Waals surface area contributed by atoms with Crippen LogP contribution in [-0.2, 0) is 14.3 Å². The molecule has 0 aromatic heterocycles. The Bertz CT molecular complexity index is 313. The van der Waals surface area contributed by atoms with E-state index in [9.17, 15) is 4.79 Å². The maximum absolute atomic E-state index is 11.2. The van der Waals surface area contributed by atoms with Crippen LogP contribution in [0.25, 0.3) is 0 Å². The second-order valence-corrected chi connectivity index (χ2v) is 2.76. The quantitative estimate of drug-likeness (QED) is 0.689. The van der Waals surface area contributed by atoms with E-state index in [0.29, 0.717) is 0 Å². The van der Waals surface area contributed by atoms with Crippen LogP contribution >= 0.6 is 0 Å². The molecule has 0 saturated carbocycles. The van der Waals surface area contributed by atoms with Crippen molar-refractivity contribution in [2.45, 2.75) is 12.5 Å². The molecule has 0 amide bonds. The average Bonchev–Trinajstić information content (AvgIpc) is 2.30. The van der Waals surface area contributed by atoms with Crippen LogP contribution in [0, 0.1) is 0 Å². The molecule has 0 unspecified atom stereocenters. The highest BCUT2D eigenvalue weighted by Crippen LogP contribution is 2.20. The summed E-state index contributed by atoms with van der Waals surface area (Å²) in [4.78, 5) is 11.2. The number of ether oxygens (including phenoxy) is 2. The molecule has 0 aliphatic heterocycles. The van der Waals surface area contributed by atoms with Gasteiger partial charge in [0.15, 0.2) is 0 Å². The normalized spacial score (nSPS) is 15.4. The van der Waals surface area contributed by atoms with E-state index in [0.717, 1.165) is 5.56 Å². The summed E-state index contributed by atoms with van der Waals surface area (Å²) in [5.41, 5.74) is 0.797. The van der Waals surface area contributed by atoms with Crippen LogP contribution in [0.1, 0.15) is 19.4 Å². The van der Waals surface area contributed by atoms with E-state index in [1.54, 1.807) is 0 Å². The Labute approximate surface area is 85.0 Å². The zero-order valence-corrected chi connectivity index (χ0v) is 8.27. The van der Waals surface area contributed by atoms with Gasteiger partial charge in [0.05, 0.1) is 19.6 Å². The Kier molecular flexibility index (Phi) is 3.55. The van der Waals surface area contributed by atoms with Gasteiger partial charge in [0.1, 0.15) is 0 Å². The minimum absolute atomic E-state index is 0.585. The number of benzene rings is 1. The van der Waals surface area contributed by atoms with Crippen molar-refractivity contribution < 1.29 is 15.6 Å². The standard InChI is InChI=1S/C11H14O3/c1-13-10(8-11(12)14-2)9-6-4-3-5-7-9/h3-7,10H,8H2,1-2H3/t10-/m0/s1/i8D/t8-,10+/m1. The second-order valence-electron chi connectivity index (χ2n) is 2.76. The number of hydrogen-bond donors (Lipinski definition) is 0. The van der Waals surface area contributed by atoms with E-state index in [-0.39, 0.29) is 0 Å². The molecule has 0 radical (unpaired) electrons. The Morgan fingerprint density at radius 1 is 1.43 bits per heavy atom. The van der Waals surface area contributed by atoms with Crippen molar-refractivity contribution >= 4 is 5.97 Å². The molecule has 0 bridgehead atoms. The molecular formula is C11H14O3. The molecule has 3 nitrogen and oxygen atoms in total. The zero-order valence-electron chi connectivity index (χ0n) is 9.27. The third-order valence-corrected chi connectivity index (χ3v) is 1.87. The van der Waals surface area contributed by atoms with Crippen molar-refractivity contribution in [3.05, 3.63) is 35.9 Å². The smallest absolute Gasteiger partial charge is 0.308 e. The Hall–Kier alpha value is -1.35. The van der Waals surface area contributed by atoms with Crippen LogP contribution < -0.4 is 0 Å². The summed E-state index contributed by atoms with van der Waals surface area (Å²) in [5.74, 6) is -0.592. The molecule has 76 valence electrons. The number of rotatable bonds is 4. The number of carbonyl (C=O) groups is 1. The lowest BCUT2D eigenvalue weighted by molar-refractivity contribution is -0.143. The van der Waals surface area contributed by atoms with Gasteiger partial charge >= 0.3 is 5.97 Å². The van der Waals surface area contributed by atoms with Crippen LogP contribution in [0.3, 0.4) is 0 Å². The highest BCUT2D eigenvalue weighted by molar-refractivity contribution is 5.70. The molecule has 14 heavy (non-hydrogen) atoms. The molecule has 1 rings (SSSR count). The molecule has 0 heterocycles. The van der Waals surface area contributed by atoms with Crippen LogP contribution in [0.4, 0.5) is 0 Å². The average molecular weight is 195 g/mol. The van der Waals surface area contributed by atoms with Crippen molar-refractivity contribution in [2.75, 3.05) is 14.2 Å². The second kappa shape index (κ2) is 5.40. The van der Waals surface area contributed by atoms with Crippen LogP contribution in [0.5, 0.6) is 0 Å². The van der Waals surface area contributed by atoms with Gasteiger partial charge in [-0.3, -0.25) is 4.79 Å². The van der Waals surface area contributed by atoms with Crippen molar-refractivity contribution in [1.82, 2.24) is 0 Å². The van der Waals surface area contributed by atoms with E-state index in [1.807, 2.05) is 30.3 Å². The molecule has 1 aromatic rings. The molecule has 0 aliphatic rings. The first kappa shape index (κ1) is 9.21. The Morgan fingerprint density at radius 3 is 2.57 bits per heavy atom. The maximum atomic E-state index is 11.2. The fourth-order valence-electron chi connectivity index (χ4n) is 1.13. The summed E-state index contributed by atoms with van der Waals surface area (Å²) in [5, 5.41) is 0. The molecule has 0 fully saturated rings. The van der Waals surface area contributed by atoms with Crippen molar-refractivity contribution in [1.29, 1.82) is 0 Å². The lowest BCUT2D eigenvalue weighted by atomic mass is 10.1. The third kappa shape index (κ3) is 2.85. The predicted molar refractivity (Wildman–Crippen MR) is 52.8 cm³/mol. The minimum atomic E-state index is -1.05. The number of hydrogen-bond acceptors (Lipinski definition) is 3. The predicted octanol–water partition coefficient (Wildman–Crippen LogP) is 1.94. The van der Waals surface area contributed by atoms with E-state index in [4.69, 9.17) is 6.11 Å².